The van der Waals surface area contributed by atoms with Crippen LogP contribution in [0, 0.1) is 0 Å². The predicted molar refractivity (Wildman–Crippen MR) is 77.5 cm³/mol. The summed E-state index contributed by atoms with van der Waals surface area (Å²) in [6, 6.07) is 7.70. The van der Waals surface area contributed by atoms with Crippen molar-refractivity contribution in [1.82, 2.24) is 0 Å². The highest BCUT2D eigenvalue weighted by Gasteiger charge is 2.07. The molecule has 0 saturated heterocycles. The smallest absolute Gasteiger partial charge is 0.195 e. The average Bonchev–Trinajstić information content (AvgIpc) is 2.36. The summed E-state index contributed by atoms with van der Waals surface area (Å²) in [7, 11) is 0. The Balaban J connectivity index is 2.80. The van der Waals surface area contributed by atoms with Gasteiger partial charge in [-0.3, -0.25) is 4.79 Å². The number of fused-ring (bicyclic) bond motifs is 1. The van der Waals surface area contributed by atoms with Gasteiger partial charge in [0.25, 0.3) is 0 Å². The van der Waals surface area contributed by atoms with Gasteiger partial charge in [-0.25, -0.2) is 0 Å². The minimum absolute atomic E-state index is 0.0742. The van der Waals surface area contributed by atoms with Crippen molar-refractivity contribution in [3.05, 3.63) is 57.6 Å². The Labute approximate surface area is 105 Å². The molecule has 1 nitrogen and oxygen atoms in total. The molecule has 1 aromatic carbocycles. The first-order valence-corrected chi connectivity index (χ1v) is 6.44. The molecule has 0 unspecified atom stereocenters. The first-order valence-electron chi connectivity index (χ1n) is 5.62. The lowest BCUT2D eigenvalue weighted by atomic mass is 10.1. The van der Waals surface area contributed by atoms with Crippen molar-refractivity contribution in [2.24, 2.45) is 0 Å². The highest BCUT2D eigenvalue weighted by atomic mass is 32.1. The highest BCUT2D eigenvalue weighted by Crippen LogP contribution is 2.23. The standard InChI is InChI=1S/C15H14OS/c1-3-5-9-13-11(4-2)15(16)12-8-6-7-10-14(12)17-13/h4-10H,2-3H2,1H3/b9-5-. The van der Waals surface area contributed by atoms with Gasteiger partial charge in [0.05, 0.1) is 0 Å². The first-order chi connectivity index (χ1) is 8.27. The van der Waals surface area contributed by atoms with Crippen molar-refractivity contribution in [2.75, 3.05) is 0 Å². The van der Waals surface area contributed by atoms with Gasteiger partial charge >= 0.3 is 0 Å². The van der Waals surface area contributed by atoms with Crippen molar-refractivity contribution in [2.45, 2.75) is 13.3 Å². The van der Waals surface area contributed by atoms with Crippen LogP contribution in [0.4, 0.5) is 0 Å². The van der Waals surface area contributed by atoms with E-state index in [1.807, 2.05) is 30.3 Å². The summed E-state index contributed by atoms with van der Waals surface area (Å²) in [5.41, 5.74) is 0.781. The molecule has 0 fully saturated rings. The van der Waals surface area contributed by atoms with E-state index in [0.717, 1.165) is 21.4 Å². The fourth-order valence-electron chi connectivity index (χ4n) is 1.72. The molecule has 0 saturated carbocycles. The number of rotatable bonds is 3. The third-order valence-electron chi connectivity index (χ3n) is 2.57. The lowest BCUT2D eigenvalue weighted by Crippen LogP contribution is -2.05. The molecule has 2 rings (SSSR count). The fraction of sp³-hybridized carbons (Fsp3) is 0.133. The van der Waals surface area contributed by atoms with Gasteiger partial charge in [0.15, 0.2) is 5.43 Å². The molecule has 1 aromatic heterocycles. The summed E-state index contributed by atoms with van der Waals surface area (Å²) in [4.78, 5) is 13.2. The normalized spacial score (nSPS) is 11.1. The highest BCUT2D eigenvalue weighted by molar-refractivity contribution is 7.19. The lowest BCUT2D eigenvalue weighted by Gasteiger charge is -2.02. The van der Waals surface area contributed by atoms with Crippen LogP contribution >= 0.6 is 11.3 Å². The summed E-state index contributed by atoms with van der Waals surface area (Å²) in [6.45, 7) is 5.82. The van der Waals surface area contributed by atoms with Gasteiger partial charge in [-0.1, -0.05) is 37.8 Å². The zero-order valence-corrected chi connectivity index (χ0v) is 10.6. The van der Waals surface area contributed by atoms with Gasteiger partial charge < -0.3 is 0 Å². The zero-order chi connectivity index (χ0) is 12.3. The van der Waals surface area contributed by atoms with Gasteiger partial charge in [-0.05, 0) is 24.6 Å². The molecule has 0 aliphatic carbocycles. The quantitative estimate of drug-likeness (QED) is 0.783. The Morgan fingerprint density at radius 3 is 2.82 bits per heavy atom. The first kappa shape index (κ1) is 11.8. The van der Waals surface area contributed by atoms with Crippen LogP contribution < -0.4 is 5.43 Å². The molecule has 0 N–H and O–H groups in total. The molecule has 0 amide bonds. The van der Waals surface area contributed by atoms with E-state index in [4.69, 9.17) is 0 Å². The van der Waals surface area contributed by atoms with Crippen LogP contribution in [0.15, 0.2) is 41.7 Å². The number of benzene rings is 1. The SMILES string of the molecule is C=Cc1c(/C=C\CC)sc2ccccc2c1=O. The molecule has 86 valence electrons. The van der Waals surface area contributed by atoms with E-state index in [-0.39, 0.29) is 5.43 Å². The van der Waals surface area contributed by atoms with Crippen molar-refractivity contribution >= 4 is 33.6 Å². The van der Waals surface area contributed by atoms with Gasteiger partial charge in [0.2, 0.25) is 0 Å². The molecular formula is C15H14OS. The molecular weight excluding hydrogens is 228 g/mol. The third kappa shape index (κ3) is 2.22. The Morgan fingerprint density at radius 1 is 1.35 bits per heavy atom. The Morgan fingerprint density at radius 2 is 2.12 bits per heavy atom. The molecule has 0 atom stereocenters. The molecule has 0 spiro atoms. The maximum Gasteiger partial charge on any atom is 0.195 e. The van der Waals surface area contributed by atoms with Crippen LogP contribution in [0.5, 0.6) is 0 Å². The number of allylic oxidation sites excluding steroid dienone is 1. The van der Waals surface area contributed by atoms with Crippen LogP contribution in [0.3, 0.4) is 0 Å². The summed E-state index contributed by atoms with van der Waals surface area (Å²) < 4.78 is 1.03. The lowest BCUT2D eigenvalue weighted by molar-refractivity contribution is 1.23. The van der Waals surface area contributed by atoms with E-state index in [1.54, 1.807) is 17.4 Å². The molecule has 1 heterocycles. The Kier molecular flexibility index (Phi) is 3.55. The van der Waals surface area contributed by atoms with Crippen molar-refractivity contribution < 1.29 is 0 Å². The molecule has 0 radical (unpaired) electrons. The Bertz CT molecular complexity index is 635. The van der Waals surface area contributed by atoms with E-state index in [1.165, 1.54) is 0 Å². The molecule has 2 heteroatoms. The zero-order valence-electron chi connectivity index (χ0n) is 9.77. The minimum Gasteiger partial charge on any atom is -0.289 e. The summed E-state index contributed by atoms with van der Waals surface area (Å²) in [5, 5.41) is 0.779. The summed E-state index contributed by atoms with van der Waals surface area (Å²) in [6.07, 6.45) is 6.69. The van der Waals surface area contributed by atoms with Crippen LogP contribution in [-0.2, 0) is 0 Å². The van der Waals surface area contributed by atoms with E-state index >= 15 is 0 Å². The van der Waals surface area contributed by atoms with Crippen LogP contribution in [0.25, 0.3) is 22.2 Å². The molecule has 0 bridgehead atoms. The molecule has 0 aliphatic heterocycles. The summed E-state index contributed by atoms with van der Waals surface area (Å²) >= 11 is 1.63. The minimum atomic E-state index is 0.0742. The van der Waals surface area contributed by atoms with Gasteiger partial charge in [-0.15, -0.1) is 11.3 Å². The van der Waals surface area contributed by atoms with Crippen LogP contribution in [0.1, 0.15) is 23.8 Å². The van der Waals surface area contributed by atoms with Gasteiger partial charge in [-0.2, -0.15) is 0 Å². The number of hydrogen-bond donors (Lipinski definition) is 0. The van der Waals surface area contributed by atoms with E-state index in [2.05, 4.69) is 19.6 Å². The molecule has 0 aliphatic rings. The van der Waals surface area contributed by atoms with Crippen molar-refractivity contribution in [3.63, 3.8) is 0 Å². The van der Waals surface area contributed by atoms with E-state index in [9.17, 15) is 4.79 Å². The fourth-order valence-corrected chi connectivity index (χ4v) is 2.82. The van der Waals surface area contributed by atoms with Crippen molar-refractivity contribution in [3.8, 4) is 0 Å². The topological polar surface area (TPSA) is 17.1 Å². The predicted octanol–water partition coefficient (Wildman–Crippen LogP) is 4.33. The van der Waals surface area contributed by atoms with E-state index < -0.39 is 0 Å². The van der Waals surface area contributed by atoms with Crippen LogP contribution in [-0.4, -0.2) is 0 Å². The third-order valence-corrected chi connectivity index (χ3v) is 3.72. The van der Waals surface area contributed by atoms with Crippen molar-refractivity contribution in [1.29, 1.82) is 0 Å². The maximum atomic E-state index is 12.2. The molecule has 17 heavy (non-hydrogen) atoms. The molecule has 2 aromatic rings. The second kappa shape index (κ2) is 5.11. The van der Waals surface area contributed by atoms with Crippen LogP contribution in [0.2, 0.25) is 0 Å². The second-order valence-corrected chi connectivity index (χ2v) is 4.80. The Hall–Kier alpha value is -1.67. The largest absolute Gasteiger partial charge is 0.289 e. The van der Waals surface area contributed by atoms with E-state index in [0.29, 0.717) is 5.56 Å². The summed E-state index contributed by atoms with van der Waals surface area (Å²) in [5.74, 6) is 0. The average molecular weight is 242 g/mol. The van der Waals surface area contributed by atoms with Gasteiger partial charge in [0, 0.05) is 20.5 Å². The second-order valence-electron chi connectivity index (χ2n) is 3.72. The monoisotopic (exact) mass is 242 g/mol. The number of hydrogen-bond acceptors (Lipinski definition) is 2. The maximum absolute atomic E-state index is 12.2. The van der Waals surface area contributed by atoms with Gasteiger partial charge in [0.1, 0.15) is 0 Å².